The van der Waals surface area contributed by atoms with Gasteiger partial charge in [0.25, 0.3) is 0 Å². The summed E-state index contributed by atoms with van der Waals surface area (Å²) in [5, 5.41) is 0.582. The number of halogens is 1. The Morgan fingerprint density at radius 1 is 1.43 bits per heavy atom. The zero-order chi connectivity index (χ0) is 10.4. The van der Waals surface area contributed by atoms with E-state index in [0.29, 0.717) is 23.9 Å². The van der Waals surface area contributed by atoms with Crippen LogP contribution in [0.2, 0.25) is 5.02 Å². The minimum atomic E-state index is 0.582. The van der Waals surface area contributed by atoms with Crippen molar-refractivity contribution in [1.29, 1.82) is 0 Å². The Morgan fingerprint density at radius 2 is 2.21 bits per heavy atom. The maximum absolute atomic E-state index is 5.86. The van der Waals surface area contributed by atoms with E-state index in [9.17, 15) is 0 Å². The minimum Gasteiger partial charge on any atom is -0.495 e. The standard InChI is InChI=1S/C10H14ClNO2/c1-13-10-7-8(3-4-9(10)11)14-6-2-5-12/h3-4,7H,2,5-6,12H2,1H3. The molecule has 14 heavy (non-hydrogen) atoms. The first-order valence-electron chi connectivity index (χ1n) is 4.44. The van der Waals surface area contributed by atoms with Gasteiger partial charge in [0, 0.05) is 6.07 Å². The van der Waals surface area contributed by atoms with Crippen molar-refractivity contribution in [3.05, 3.63) is 23.2 Å². The van der Waals surface area contributed by atoms with E-state index in [1.165, 1.54) is 0 Å². The van der Waals surface area contributed by atoms with Crippen molar-refractivity contribution >= 4 is 11.6 Å². The van der Waals surface area contributed by atoms with Crippen LogP contribution in [-0.2, 0) is 0 Å². The first kappa shape index (κ1) is 11.1. The van der Waals surface area contributed by atoms with Gasteiger partial charge in [-0.25, -0.2) is 0 Å². The molecule has 2 N–H and O–H groups in total. The Morgan fingerprint density at radius 3 is 2.86 bits per heavy atom. The highest BCUT2D eigenvalue weighted by atomic mass is 35.5. The lowest BCUT2D eigenvalue weighted by Gasteiger charge is -2.08. The highest BCUT2D eigenvalue weighted by molar-refractivity contribution is 6.32. The van der Waals surface area contributed by atoms with Crippen LogP contribution in [0.4, 0.5) is 0 Å². The molecule has 0 fully saturated rings. The zero-order valence-corrected chi connectivity index (χ0v) is 8.88. The van der Waals surface area contributed by atoms with Gasteiger partial charge in [-0.2, -0.15) is 0 Å². The van der Waals surface area contributed by atoms with Crippen molar-refractivity contribution in [3.8, 4) is 11.5 Å². The van der Waals surface area contributed by atoms with Crippen molar-refractivity contribution in [2.45, 2.75) is 6.42 Å². The molecule has 0 unspecified atom stereocenters. The fraction of sp³-hybridized carbons (Fsp3) is 0.400. The van der Waals surface area contributed by atoms with Crippen LogP contribution < -0.4 is 15.2 Å². The number of methoxy groups -OCH3 is 1. The van der Waals surface area contributed by atoms with Gasteiger partial charge in [0.2, 0.25) is 0 Å². The Balaban J connectivity index is 2.60. The van der Waals surface area contributed by atoms with Crippen LogP contribution >= 0.6 is 11.6 Å². The lowest BCUT2D eigenvalue weighted by atomic mass is 10.3. The fourth-order valence-electron chi connectivity index (χ4n) is 1.00. The molecule has 1 aromatic carbocycles. The van der Waals surface area contributed by atoms with Gasteiger partial charge in [-0.05, 0) is 25.1 Å². The fourth-order valence-corrected chi connectivity index (χ4v) is 1.20. The van der Waals surface area contributed by atoms with Crippen LogP contribution in [0, 0.1) is 0 Å². The van der Waals surface area contributed by atoms with Gasteiger partial charge in [0.15, 0.2) is 0 Å². The number of rotatable bonds is 5. The van der Waals surface area contributed by atoms with Crippen LogP contribution in [0.5, 0.6) is 11.5 Å². The second kappa shape index (κ2) is 5.73. The Hall–Kier alpha value is -0.930. The summed E-state index contributed by atoms with van der Waals surface area (Å²) in [6, 6.07) is 5.32. The van der Waals surface area contributed by atoms with Crippen LogP contribution in [0.25, 0.3) is 0 Å². The summed E-state index contributed by atoms with van der Waals surface area (Å²) >= 11 is 5.86. The summed E-state index contributed by atoms with van der Waals surface area (Å²) in [4.78, 5) is 0. The SMILES string of the molecule is COc1cc(OCCCN)ccc1Cl. The van der Waals surface area contributed by atoms with Gasteiger partial charge in [0.05, 0.1) is 18.7 Å². The molecule has 0 atom stereocenters. The molecule has 1 rings (SSSR count). The number of hydrogen-bond acceptors (Lipinski definition) is 3. The van der Waals surface area contributed by atoms with Gasteiger partial charge in [-0.1, -0.05) is 11.6 Å². The number of hydrogen-bond donors (Lipinski definition) is 1. The van der Waals surface area contributed by atoms with Gasteiger partial charge in [-0.15, -0.1) is 0 Å². The molecule has 0 radical (unpaired) electrons. The molecule has 3 nitrogen and oxygen atoms in total. The van der Waals surface area contributed by atoms with Crippen molar-refractivity contribution in [1.82, 2.24) is 0 Å². The minimum absolute atomic E-state index is 0.582. The molecule has 0 aliphatic carbocycles. The lowest BCUT2D eigenvalue weighted by molar-refractivity contribution is 0.311. The van der Waals surface area contributed by atoms with E-state index in [1.807, 2.05) is 0 Å². The first-order chi connectivity index (χ1) is 6.77. The molecule has 0 spiro atoms. The predicted molar refractivity (Wildman–Crippen MR) is 57.2 cm³/mol. The van der Waals surface area contributed by atoms with Crippen molar-refractivity contribution in [2.75, 3.05) is 20.3 Å². The summed E-state index contributed by atoms with van der Waals surface area (Å²) in [5.74, 6) is 1.37. The molecular weight excluding hydrogens is 202 g/mol. The molecule has 0 bridgehead atoms. The van der Waals surface area contributed by atoms with Crippen LogP contribution in [0.1, 0.15) is 6.42 Å². The predicted octanol–water partition coefficient (Wildman–Crippen LogP) is 2.08. The molecule has 4 heteroatoms. The average molecular weight is 216 g/mol. The molecule has 0 saturated heterocycles. The van der Waals surface area contributed by atoms with E-state index in [4.69, 9.17) is 26.8 Å². The number of benzene rings is 1. The van der Waals surface area contributed by atoms with Crippen molar-refractivity contribution in [2.24, 2.45) is 5.73 Å². The Kier molecular flexibility index (Phi) is 4.56. The highest BCUT2D eigenvalue weighted by Crippen LogP contribution is 2.28. The summed E-state index contributed by atoms with van der Waals surface area (Å²) in [6.45, 7) is 1.24. The third kappa shape index (κ3) is 3.09. The van der Waals surface area contributed by atoms with Crippen LogP contribution in [0.3, 0.4) is 0 Å². The van der Waals surface area contributed by atoms with Crippen molar-refractivity contribution < 1.29 is 9.47 Å². The second-order valence-electron chi connectivity index (χ2n) is 2.79. The van der Waals surface area contributed by atoms with Gasteiger partial charge in [-0.3, -0.25) is 0 Å². The van der Waals surface area contributed by atoms with Gasteiger partial charge >= 0.3 is 0 Å². The topological polar surface area (TPSA) is 44.5 Å². The maximum Gasteiger partial charge on any atom is 0.141 e. The third-order valence-electron chi connectivity index (χ3n) is 1.74. The monoisotopic (exact) mass is 215 g/mol. The third-order valence-corrected chi connectivity index (χ3v) is 2.05. The normalized spacial score (nSPS) is 9.93. The highest BCUT2D eigenvalue weighted by Gasteiger charge is 2.01. The molecule has 0 heterocycles. The number of nitrogens with two attached hydrogens (primary N) is 1. The molecule has 0 aliphatic rings. The first-order valence-corrected chi connectivity index (χ1v) is 4.82. The zero-order valence-electron chi connectivity index (χ0n) is 8.13. The van der Waals surface area contributed by atoms with Gasteiger partial charge in [0.1, 0.15) is 11.5 Å². The summed E-state index contributed by atoms with van der Waals surface area (Å²) in [7, 11) is 1.57. The van der Waals surface area contributed by atoms with E-state index in [2.05, 4.69) is 0 Å². The van der Waals surface area contributed by atoms with E-state index in [1.54, 1.807) is 25.3 Å². The van der Waals surface area contributed by atoms with Crippen LogP contribution in [-0.4, -0.2) is 20.3 Å². The second-order valence-corrected chi connectivity index (χ2v) is 3.19. The molecule has 0 amide bonds. The Bertz CT molecular complexity index is 291. The average Bonchev–Trinajstić information content (AvgIpc) is 2.21. The smallest absolute Gasteiger partial charge is 0.141 e. The van der Waals surface area contributed by atoms with Crippen LogP contribution in [0.15, 0.2) is 18.2 Å². The van der Waals surface area contributed by atoms with Gasteiger partial charge < -0.3 is 15.2 Å². The molecule has 0 saturated carbocycles. The maximum atomic E-state index is 5.86. The van der Waals surface area contributed by atoms with E-state index < -0.39 is 0 Å². The van der Waals surface area contributed by atoms with E-state index in [0.717, 1.165) is 12.2 Å². The summed E-state index contributed by atoms with van der Waals surface area (Å²) < 4.78 is 10.5. The summed E-state index contributed by atoms with van der Waals surface area (Å²) in [5.41, 5.74) is 5.35. The molecular formula is C10H14ClNO2. The summed E-state index contributed by atoms with van der Waals surface area (Å²) in [6.07, 6.45) is 0.838. The molecule has 0 aromatic heterocycles. The largest absolute Gasteiger partial charge is 0.495 e. The van der Waals surface area contributed by atoms with E-state index >= 15 is 0 Å². The number of ether oxygens (including phenoxy) is 2. The van der Waals surface area contributed by atoms with E-state index in [-0.39, 0.29) is 0 Å². The quantitative estimate of drug-likeness (QED) is 0.765. The molecule has 1 aromatic rings. The van der Waals surface area contributed by atoms with Crippen molar-refractivity contribution in [3.63, 3.8) is 0 Å². The molecule has 0 aliphatic heterocycles. The molecule has 78 valence electrons. The Labute approximate surface area is 88.8 Å². The lowest BCUT2D eigenvalue weighted by Crippen LogP contribution is -2.06.